The van der Waals surface area contributed by atoms with Crippen LogP contribution in [0.2, 0.25) is 0 Å². The highest BCUT2D eigenvalue weighted by atomic mass is 35.5. The fourth-order valence-electron chi connectivity index (χ4n) is 3.62. The van der Waals surface area contributed by atoms with Gasteiger partial charge in [0, 0.05) is 32.2 Å². The van der Waals surface area contributed by atoms with Crippen molar-refractivity contribution in [2.24, 2.45) is 0 Å². The normalized spacial score (nSPS) is 16.5. The van der Waals surface area contributed by atoms with Gasteiger partial charge in [0.05, 0.1) is 0 Å². The molecule has 22 heavy (non-hydrogen) atoms. The predicted octanol–water partition coefficient (Wildman–Crippen LogP) is 4.59. The first-order valence-electron chi connectivity index (χ1n) is 8.16. The molecule has 1 aromatic rings. The molecule has 0 aliphatic carbocycles. The van der Waals surface area contributed by atoms with Gasteiger partial charge in [-0.15, -0.1) is 24.8 Å². The molecule has 0 bridgehead atoms. The third-order valence-corrected chi connectivity index (χ3v) is 4.49. The molecular formula is C18H32Cl2N2. The van der Waals surface area contributed by atoms with Gasteiger partial charge in [0.25, 0.3) is 0 Å². The first kappa shape index (κ1) is 21.7. The third kappa shape index (κ3) is 5.42. The van der Waals surface area contributed by atoms with Crippen LogP contribution in [0.5, 0.6) is 0 Å². The maximum Gasteiger partial charge on any atom is 0.0354 e. The van der Waals surface area contributed by atoms with Crippen LogP contribution in [0.4, 0.5) is 0 Å². The van der Waals surface area contributed by atoms with Gasteiger partial charge in [-0.3, -0.25) is 4.90 Å². The molecule has 0 unspecified atom stereocenters. The van der Waals surface area contributed by atoms with Crippen LogP contribution in [0.15, 0.2) is 12.1 Å². The number of rotatable bonds is 5. The number of halogens is 2. The summed E-state index contributed by atoms with van der Waals surface area (Å²) in [6, 6.07) is 5.31. The SMILES string of the molecule is CCCC[C@@H](c1c(C)cc(C)cc1C)N1CCNCC1.Cl.Cl. The van der Waals surface area contributed by atoms with Crippen molar-refractivity contribution in [3.8, 4) is 0 Å². The van der Waals surface area contributed by atoms with Crippen LogP contribution in [0, 0.1) is 20.8 Å². The van der Waals surface area contributed by atoms with Gasteiger partial charge < -0.3 is 5.32 Å². The van der Waals surface area contributed by atoms with Crippen LogP contribution in [-0.4, -0.2) is 31.1 Å². The molecule has 1 heterocycles. The molecular weight excluding hydrogens is 315 g/mol. The molecule has 1 N–H and O–H groups in total. The highest BCUT2D eigenvalue weighted by molar-refractivity contribution is 5.85. The van der Waals surface area contributed by atoms with Crippen LogP contribution in [0.3, 0.4) is 0 Å². The summed E-state index contributed by atoms with van der Waals surface area (Å²) in [5, 5.41) is 3.47. The minimum absolute atomic E-state index is 0. The van der Waals surface area contributed by atoms with Crippen molar-refractivity contribution in [1.29, 1.82) is 0 Å². The molecule has 1 aromatic carbocycles. The Balaban J connectivity index is 0.00000220. The Morgan fingerprint density at radius 3 is 2.09 bits per heavy atom. The van der Waals surface area contributed by atoms with E-state index in [0.717, 1.165) is 13.1 Å². The van der Waals surface area contributed by atoms with E-state index in [-0.39, 0.29) is 24.8 Å². The van der Waals surface area contributed by atoms with Gasteiger partial charge in [0.1, 0.15) is 0 Å². The van der Waals surface area contributed by atoms with Gasteiger partial charge in [-0.25, -0.2) is 0 Å². The lowest BCUT2D eigenvalue weighted by Crippen LogP contribution is -2.45. The topological polar surface area (TPSA) is 15.3 Å². The van der Waals surface area contributed by atoms with E-state index in [2.05, 4.69) is 50.0 Å². The van der Waals surface area contributed by atoms with Gasteiger partial charge in [0.15, 0.2) is 0 Å². The third-order valence-electron chi connectivity index (χ3n) is 4.49. The van der Waals surface area contributed by atoms with Crippen LogP contribution >= 0.6 is 24.8 Å². The number of piperazine rings is 1. The molecule has 0 saturated carbocycles. The van der Waals surface area contributed by atoms with E-state index in [9.17, 15) is 0 Å². The number of aryl methyl sites for hydroxylation is 3. The van der Waals surface area contributed by atoms with Crippen LogP contribution < -0.4 is 5.32 Å². The van der Waals surface area contributed by atoms with Crippen molar-refractivity contribution in [3.63, 3.8) is 0 Å². The maximum absolute atomic E-state index is 3.47. The standard InChI is InChI=1S/C18H30N2.2ClH/c1-5-6-7-17(20-10-8-19-9-11-20)18-15(3)12-14(2)13-16(18)4;;/h12-13,17,19H,5-11H2,1-4H3;2*1H/t17-;;/m0../s1. The summed E-state index contributed by atoms with van der Waals surface area (Å²) >= 11 is 0. The Bertz CT molecular complexity index is 420. The van der Waals surface area contributed by atoms with Crippen molar-refractivity contribution >= 4 is 24.8 Å². The molecule has 1 aliphatic heterocycles. The largest absolute Gasteiger partial charge is 0.314 e. The van der Waals surface area contributed by atoms with Crippen LogP contribution in [0.1, 0.15) is 54.5 Å². The Morgan fingerprint density at radius 1 is 1.05 bits per heavy atom. The maximum atomic E-state index is 3.47. The summed E-state index contributed by atoms with van der Waals surface area (Å²) in [5.41, 5.74) is 5.92. The smallest absolute Gasteiger partial charge is 0.0354 e. The van der Waals surface area contributed by atoms with E-state index in [1.807, 2.05) is 0 Å². The first-order chi connectivity index (χ1) is 9.63. The second-order valence-corrected chi connectivity index (χ2v) is 6.26. The summed E-state index contributed by atoms with van der Waals surface area (Å²) in [5.74, 6) is 0. The van der Waals surface area contributed by atoms with E-state index in [1.54, 1.807) is 5.56 Å². The van der Waals surface area contributed by atoms with E-state index in [1.165, 1.54) is 49.0 Å². The molecule has 1 fully saturated rings. The van der Waals surface area contributed by atoms with Crippen molar-refractivity contribution in [2.45, 2.75) is 53.0 Å². The summed E-state index contributed by atoms with van der Waals surface area (Å²) in [4.78, 5) is 2.69. The summed E-state index contributed by atoms with van der Waals surface area (Å²) in [6.45, 7) is 13.7. The lowest BCUT2D eigenvalue weighted by molar-refractivity contribution is 0.162. The van der Waals surface area contributed by atoms with Crippen molar-refractivity contribution in [3.05, 3.63) is 34.4 Å². The zero-order chi connectivity index (χ0) is 14.5. The molecule has 0 amide bonds. The summed E-state index contributed by atoms with van der Waals surface area (Å²) in [6.07, 6.45) is 3.90. The van der Waals surface area contributed by atoms with Crippen molar-refractivity contribution in [2.75, 3.05) is 26.2 Å². The lowest BCUT2D eigenvalue weighted by Gasteiger charge is -2.37. The number of hydrogen-bond acceptors (Lipinski definition) is 2. The average molecular weight is 347 g/mol. The monoisotopic (exact) mass is 346 g/mol. The number of benzene rings is 1. The van der Waals surface area contributed by atoms with Crippen molar-refractivity contribution < 1.29 is 0 Å². The number of nitrogens with one attached hydrogen (secondary N) is 1. The molecule has 0 aromatic heterocycles. The van der Waals surface area contributed by atoms with Crippen LogP contribution in [-0.2, 0) is 0 Å². The molecule has 1 atom stereocenters. The average Bonchev–Trinajstić information content (AvgIpc) is 2.42. The van der Waals surface area contributed by atoms with Crippen molar-refractivity contribution in [1.82, 2.24) is 10.2 Å². The van der Waals surface area contributed by atoms with Gasteiger partial charge in [-0.05, 0) is 43.9 Å². The Morgan fingerprint density at radius 2 is 1.59 bits per heavy atom. The highest BCUT2D eigenvalue weighted by Crippen LogP contribution is 2.32. The minimum atomic E-state index is 0. The Labute approximate surface area is 148 Å². The van der Waals surface area contributed by atoms with E-state index in [0.29, 0.717) is 6.04 Å². The van der Waals surface area contributed by atoms with Gasteiger partial charge in [-0.1, -0.05) is 37.5 Å². The zero-order valence-corrected chi connectivity index (χ0v) is 16.1. The fourth-order valence-corrected chi connectivity index (χ4v) is 3.62. The molecule has 2 nitrogen and oxygen atoms in total. The molecule has 128 valence electrons. The van der Waals surface area contributed by atoms with E-state index >= 15 is 0 Å². The van der Waals surface area contributed by atoms with Gasteiger partial charge in [0.2, 0.25) is 0 Å². The minimum Gasteiger partial charge on any atom is -0.314 e. The number of nitrogens with zero attached hydrogens (tertiary/aromatic N) is 1. The fraction of sp³-hybridized carbons (Fsp3) is 0.667. The molecule has 4 heteroatoms. The second-order valence-electron chi connectivity index (χ2n) is 6.26. The predicted molar refractivity (Wildman–Crippen MR) is 102 cm³/mol. The van der Waals surface area contributed by atoms with E-state index < -0.39 is 0 Å². The van der Waals surface area contributed by atoms with Gasteiger partial charge >= 0.3 is 0 Å². The molecule has 1 saturated heterocycles. The number of unbranched alkanes of at least 4 members (excludes halogenated alkanes) is 1. The Hall–Kier alpha value is -0.280. The summed E-state index contributed by atoms with van der Waals surface area (Å²) < 4.78 is 0. The Kier molecular flexibility index (Phi) is 10.4. The number of hydrogen-bond donors (Lipinski definition) is 1. The lowest BCUT2D eigenvalue weighted by atomic mass is 9.90. The highest BCUT2D eigenvalue weighted by Gasteiger charge is 2.24. The van der Waals surface area contributed by atoms with E-state index in [4.69, 9.17) is 0 Å². The second kappa shape index (κ2) is 10.5. The quantitative estimate of drug-likeness (QED) is 0.838. The van der Waals surface area contributed by atoms with Crippen LogP contribution in [0.25, 0.3) is 0 Å². The van der Waals surface area contributed by atoms with Gasteiger partial charge in [-0.2, -0.15) is 0 Å². The molecule has 2 rings (SSSR count). The molecule has 0 radical (unpaired) electrons. The zero-order valence-electron chi connectivity index (χ0n) is 14.4. The summed E-state index contributed by atoms with van der Waals surface area (Å²) in [7, 11) is 0. The molecule has 1 aliphatic rings. The first-order valence-corrected chi connectivity index (χ1v) is 8.16. The molecule has 0 spiro atoms.